The smallest absolute Gasteiger partial charge is 0.265 e. The molecule has 1 N–H and O–H groups in total. The van der Waals surface area contributed by atoms with Crippen molar-refractivity contribution in [1.82, 2.24) is 4.98 Å². The first kappa shape index (κ1) is 18.3. The van der Waals surface area contributed by atoms with Crippen LogP contribution in [0.25, 0.3) is 0 Å². The summed E-state index contributed by atoms with van der Waals surface area (Å²) in [7, 11) is -3.74. The van der Waals surface area contributed by atoms with E-state index in [-0.39, 0.29) is 4.90 Å². The Morgan fingerprint density at radius 1 is 1.17 bits per heavy atom. The van der Waals surface area contributed by atoms with E-state index in [4.69, 9.17) is 4.74 Å². The van der Waals surface area contributed by atoms with Gasteiger partial charge in [-0.3, -0.25) is 9.71 Å². The van der Waals surface area contributed by atoms with Crippen molar-refractivity contribution in [3.63, 3.8) is 0 Å². The topological polar surface area (TPSA) is 68.3 Å². The van der Waals surface area contributed by atoms with Crippen molar-refractivity contribution in [2.24, 2.45) is 0 Å². The summed E-state index contributed by atoms with van der Waals surface area (Å²) in [5.41, 5.74) is 2.33. The fraction of sp³-hybridized carbons (Fsp3) is 0.389. The molecular weight excluding hydrogens is 324 g/mol. The Hall–Kier alpha value is -2.08. The molecule has 0 radical (unpaired) electrons. The predicted octanol–water partition coefficient (Wildman–Crippen LogP) is 4.07. The van der Waals surface area contributed by atoms with Gasteiger partial charge < -0.3 is 4.74 Å². The van der Waals surface area contributed by atoms with E-state index < -0.39 is 10.0 Å². The Bertz CT molecular complexity index is 774. The number of anilines is 1. The summed E-state index contributed by atoms with van der Waals surface area (Å²) in [6, 6.07) is 6.79. The number of aryl methyl sites for hydroxylation is 2. The zero-order chi connectivity index (χ0) is 17.6. The molecule has 0 aliphatic rings. The van der Waals surface area contributed by atoms with Gasteiger partial charge >= 0.3 is 0 Å². The summed E-state index contributed by atoms with van der Waals surface area (Å²) < 4.78 is 33.8. The van der Waals surface area contributed by atoms with E-state index in [1.54, 1.807) is 30.5 Å². The summed E-state index contributed by atoms with van der Waals surface area (Å²) >= 11 is 0. The van der Waals surface area contributed by atoms with Crippen molar-refractivity contribution in [3.8, 4) is 5.75 Å². The first-order chi connectivity index (χ1) is 11.4. The molecule has 0 saturated heterocycles. The molecular formula is C18H24N2O3S. The normalized spacial score (nSPS) is 11.3. The first-order valence-electron chi connectivity index (χ1n) is 8.11. The number of sulfonamides is 1. The number of benzene rings is 1. The number of ether oxygens (including phenoxy) is 1. The fourth-order valence-electron chi connectivity index (χ4n) is 2.25. The van der Waals surface area contributed by atoms with Gasteiger partial charge in [-0.1, -0.05) is 19.8 Å². The third-order valence-electron chi connectivity index (χ3n) is 3.77. The predicted molar refractivity (Wildman–Crippen MR) is 96.0 cm³/mol. The second kappa shape index (κ2) is 8.15. The molecule has 5 nitrogen and oxygen atoms in total. The van der Waals surface area contributed by atoms with Crippen LogP contribution in [0.1, 0.15) is 37.3 Å². The Morgan fingerprint density at radius 2 is 1.92 bits per heavy atom. The molecule has 2 aromatic rings. The number of hydrogen-bond acceptors (Lipinski definition) is 4. The SMILES string of the molecule is CCCCCOc1cc(C)c(C)cc1S(=O)(=O)Nc1cccnc1. The van der Waals surface area contributed by atoms with E-state index >= 15 is 0 Å². The van der Waals surface area contributed by atoms with E-state index in [0.717, 1.165) is 30.4 Å². The molecule has 0 bridgehead atoms. The second-order valence-electron chi connectivity index (χ2n) is 5.79. The van der Waals surface area contributed by atoms with Gasteiger partial charge in [-0.25, -0.2) is 8.42 Å². The number of aromatic nitrogens is 1. The van der Waals surface area contributed by atoms with Crippen molar-refractivity contribution in [3.05, 3.63) is 47.8 Å². The standard InChI is InChI=1S/C18H24N2O3S/c1-4-5-6-10-23-17-11-14(2)15(3)12-18(17)24(21,22)20-16-8-7-9-19-13-16/h7-9,11-13,20H,4-6,10H2,1-3H3. The summed E-state index contributed by atoms with van der Waals surface area (Å²) in [4.78, 5) is 4.09. The molecule has 0 atom stereocenters. The molecule has 130 valence electrons. The quantitative estimate of drug-likeness (QED) is 0.730. The first-order valence-corrected chi connectivity index (χ1v) is 9.59. The van der Waals surface area contributed by atoms with Crippen LogP contribution < -0.4 is 9.46 Å². The van der Waals surface area contributed by atoms with E-state index in [2.05, 4.69) is 16.6 Å². The number of nitrogens with one attached hydrogen (secondary N) is 1. The van der Waals surface area contributed by atoms with Crippen molar-refractivity contribution in [1.29, 1.82) is 0 Å². The van der Waals surface area contributed by atoms with Crippen LogP contribution in [0, 0.1) is 13.8 Å². The van der Waals surface area contributed by atoms with E-state index in [0.29, 0.717) is 18.0 Å². The van der Waals surface area contributed by atoms with Crippen LogP contribution in [-0.4, -0.2) is 20.0 Å². The van der Waals surface area contributed by atoms with Crippen molar-refractivity contribution < 1.29 is 13.2 Å². The Labute approximate surface area is 144 Å². The van der Waals surface area contributed by atoms with Gasteiger partial charge in [0.15, 0.2) is 0 Å². The summed E-state index contributed by atoms with van der Waals surface area (Å²) in [6.45, 7) is 6.45. The average molecular weight is 348 g/mol. The van der Waals surface area contributed by atoms with Crippen LogP contribution >= 0.6 is 0 Å². The highest BCUT2D eigenvalue weighted by atomic mass is 32.2. The van der Waals surface area contributed by atoms with Gasteiger partial charge in [-0.15, -0.1) is 0 Å². The number of rotatable bonds is 8. The molecule has 0 saturated carbocycles. The van der Waals surface area contributed by atoms with Gasteiger partial charge in [-0.05, 0) is 55.7 Å². The Balaban J connectivity index is 2.30. The van der Waals surface area contributed by atoms with E-state index in [1.165, 1.54) is 6.20 Å². The molecule has 0 aliphatic heterocycles. The molecule has 1 aromatic heterocycles. The second-order valence-corrected chi connectivity index (χ2v) is 7.44. The lowest BCUT2D eigenvalue weighted by Gasteiger charge is -2.15. The van der Waals surface area contributed by atoms with Gasteiger partial charge in [0.1, 0.15) is 10.6 Å². The van der Waals surface area contributed by atoms with Crippen molar-refractivity contribution in [2.45, 2.75) is 44.9 Å². The van der Waals surface area contributed by atoms with Crippen molar-refractivity contribution in [2.75, 3.05) is 11.3 Å². The third kappa shape index (κ3) is 4.71. The minimum Gasteiger partial charge on any atom is -0.492 e. The average Bonchev–Trinajstić information content (AvgIpc) is 2.55. The number of nitrogens with zero attached hydrogens (tertiary/aromatic N) is 1. The fourth-order valence-corrected chi connectivity index (χ4v) is 3.51. The molecule has 0 unspecified atom stereocenters. The molecule has 24 heavy (non-hydrogen) atoms. The maximum atomic E-state index is 12.8. The minimum absolute atomic E-state index is 0.158. The van der Waals surface area contributed by atoms with Crippen LogP contribution in [0.4, 0.5) is 5.69 Å². The molecule has 6 heteroatoms. The number of hydrogen-bond donors (Lipinski definition) is 1. The van der Waals surface area contributed by atoms with Gasteiger partial charge in [0.25, 0.3) is 10.0 Å². The number of pyridine rings is 1. The highest BCUT2D eigenvalue weighted by Gasteiger charge is 2.21. The minimum atomic E-state index is -3.74. The molecule has 2 rings (SSSR count). The lowest BCUT2D eigenvalue weighted by Crippen LogP contribution is -2.15. The summed E-state index contributed by atoms with van der Waals surface area (Å²) in [5.74, 6) is 0.394. The molecule has 0 aliphatic carbocycles. The van der Waals surface area contributed by atoms with E-state index in [1.807, 2.05) is 13.8 Å². The molecule has 1 aromatic carbocycles. The van der Waals surface area contributed by atoms with Gasteiger partial charge in [0.05, 0.1) is 18.5 Å². The third-order valence-corrected chi connectivity index (χ3v) is 5.17. The lowest BCUT2D eigenvalue weighted by atomic mass is 10.1. The Kier molecular flexibility index (Phi) is 6.20. The largest absolute Gasteiger partial charge is 0.492 e. The zero-order valence-electron chi connectivity index (χ0n) is 14.4. The van der Waals surface area contributed by atoms with Crippen LogP contribution in [-0.2, 0) is 10.0 Å². The van der Waals surface area contributed by atoms with Crippen LogP contribution in [0.5, 0.6) is 5.75 Å². The maximum Gasteiger partial charge on any atom is 0.265 e. The number of unbranched alkanes of at least 4 members (excludes halogenated alkanes) is 2. The molecule has 0 amide bonds. The van der Waals surface area contributed by atoms with E-state index in [9.17, 15) is 8.42 Å². The van der Waals surface area contributed by atoms with Gasteiger partial charge in [-0.2, -0.15) is 0 Å². The summed E-state index contributed by atoms with van der Waals surface area (Å²) in [5, 5.41) is 0. The van der Waals surface area contributed by atoms with Gasteiger partial charge in [0, 0.05) is 6.20 Å². The van der Waals surface area contributed by atoms with Crippen LogP contribution in [0.2, 0.25) is 0 Å². The molecule has 0 fully saturated rings. The zero-order valence-corrected chi connectivity index (χ0v) is 15.2. The summed E-state index contributed by atoms with van der Waals surface area (Å²) in [6.07, 6.45) is 6.11. The highest BCUT2D eigenvalue weighted by molar-refractivity contribution is 7.92. The van der Waals surface area contributed by atoms with Crippen molar-refractivity contribution >= 4 is 15.7 Å². The molecule has 0 spiro atoms. The Morgan fingerprint density at radius 3 is 2.58 bits per heavy atom. The highest BCUT2D eigenvalue weighted by Crippen LogP contribution is 2.29. The maximum absolute atomic E-state index is 12.8. The van der Waals surface area contributed by atoms with Crippen LogP contribution in [0.3, 0.4) is 0 Å². The van der Waals surface area contributed by atoms with Gasteiger partial charge in [0.2, 0.25) is 0 Å². The lowest BCUT2D eigenvalue weighted by molar-refractivity contribution is 0.298. The molecule has 1 heterocycles. The van der Waals surface area contributed by atoms with Crippen LogP contribution in [0.15, 0.2) is 41.6 Å². The monoisotopic (exact) mass is 348 g/mol.